The predicted octanol–water partition coefficient (Wildman–Crippen LogP) is 4.52. The summed E-state index contributed by atoms with van der Waals surface area (Å²) in [6.45, 7) is 2.32. The first-order chi connectivity index (χ1) is 11.9. The van der Waals surface area contributed by atoms with Crippen molar-refractivity contribution in [2.75, 3.05) is 0 Å². The zero-order valence-corrected chi connectivity index (χ0v) is 14.2. The number of imidazole rings is 1. The largest absolute Gasteiger partial charge is 0.416 e. The van der Waals surface area contributed by atoms with E-state index in [9.17, 15) is 18.3 Å². The van der Waals surface area contributed by atoms with Gasteiger partial charge in [0.05, 0.1) is 17.8 Å². The number of aliphatic hydroxyl groups is 1. The average Bonchev–Trinajstić information content (AvgIpc) is 3.23. The molecule has 1 aromatic carbocycles. The van der Waals surface area contributed by atoms with Crippen molar-refractivity contribution >= 4 is 11.3 Å². The van der Waals surface area contributed by atoms with E-state index in [0.717, 1.165) is 17.8 Å². The maximum Gasteiger partial charge on any atom is 0.416 e. The molecule has 0 spiro atoms. The molecule has 0 aliphatic carbocycles. The smallest absolute Gasteiger partial charge is 0.385 e. The SMILES string of the molecule is CC[C@H](O)c1nccn1Cc1csc(-c2ccc(C(F)(F)F)cc2)n1. The van der Waals surface area contributed by atoms with Gasteiger partial charge in [0.15, 0.2) is 0 Å². The third-order valence-electron chi connectivity index (χ3n) is 3.78. The van der Waals surface area contributed by atoms with E-state index in [2.05, 4.69) is 9.97 Å². The molecule has 0 unspecified atom stereocenters. The zero-order chi connectivity index (χ0) is 18.0. The Bertz CT molecular complexity index is 839. The second-order valence-electron chi connectivity index (χ2n) is 5.56. The molecule has 2 aromatic heterocycles. The van der Waals surface area contributed by atoms with E-state index in [4.69, 9.17) is 0 Å². The van der Waals surface area contributed by atoms with Gasteiger partial charge in [-0.1, -0.05) is 19.1 Å². The molecule has 0 aliphatic rings. The summed E-state index contributed by atoms with van der Waals surface area (Å²) in [5.74, 6) is 0.576. The molecule has 0 radical (unpaired) electrons. The zero-order valence-electron chi connectivity index (χ0n) is 13.4. The van der Waals surface area contributed by atoms with Crippen LogP contribution in [-0.4, -0.2) is 19.6 Å². The Hall–Kier alpha value is -2.19. The van der Waals surface area contributed by atoms with Crippen LogP contribution in [0, 0.1) is 0 Å². The van der Waals surface area contributed by atoms with E-state index in [-0.39, 0.29) is 0 Å². The van der Waals surface area contributed by atoms with E-state index in [1.807, 2.05) is 16.9 Å². The number of rotatable bonds is 5. The molecule has 132 valence electrons. The number of alkyl halides is 3. The highest BCUT2D eigenvalue weighted by Gasteiger charge is 2.30. The predicted molar refractivity (Wildman–Crippen MR) is 89.1 cm³/mol. The van der Waals surface area contributed by atoms with E-state index in [1.165, 1.54) is 23.5 Å². The maximum absolute atomic E-state index is 12.6. The van der Waals surface area contributed by atoms with Crippen LogP contribution in [0.15, 0.2) is 42.0 Å². The lowest BCUT2D eigenvalue weighted by Gasteiger charge is -2.10. The summed E-state index contributed by atoms with van der Waals surface area (Å²) >= 11 is 1.37. The second-order valence-corrected chi connectivity index (χ2v) is 6.41. The van der Waals surface area contributed by atoms with Gasteiger partial charge in [-0.05, 0) is 18.6 Å². The summed E-state index contributed by atoms with van der Waals surface area (Å²) in [7, 11) is 0. The van der Waals surface area contributed by atoms with Gasteiger partial charge in [-0.2, -0.15) is 13.2 Å². The molecule has 0 amide bonds. The van der Waals surface area contributed by atoms with Crippen molar-refractivity contribution in [3.63, 3.8) is 0 Å². The lowest BCUT2D eigenvalue weighted by atomic mass is 10.1. The Labute approximate surface area is 146 Å². The van der Waals surface area contributed by atoms with Gasteiger partial charge < -0.3 is 9.67 Å². The molecular weight excluding hydrogens is 351 g/mol. The minimum atomic E-state index is -4.34. The fourth-order valence-electron chi connectivity index (χ4n) is 2.42. The van der Waals surface area contributed by atoms with Crippen LogP contribution in [0.3, 0.4) is 0 Å². The topological polar surface area (TPSA) is 50.9 Å². The molecule has 0 saturated heterocycles. The van der Waals surface area contributed by atoms with Gasteiger partial charge in [0.1, 0.15) is 16.9 Å². The molecule has 3 rings (SSSR count). The molecule has 1 N–H and O–H groups in total. The summed E-state index contributed by atoms with van der Waals surface area (Å²) in [6, 6.07) is 4.97. The Balaban J connectivity index is 1.78. The van der Waals surface area contributed by atoms with Crippen LogP contribution < -0.4 is 0 Å². The fourth-order valence-corrected chi connectivity index (χ4v) is 3.24. The fraction of sp³-hybridized carbons (Fsp3) is 0.294. The standard InChI is InChI=1S/C17H16F3N3OS/c1-2-14(24)15-21-7-8-23(15)9-13-10-25-16(22-13)11-3-5-12(6-4-11)17(18,19)20/h3-8,10,14,24H,2,9H2,1H3/t14-/m0/s1. The monoisotopic (exact) mass is 367 g/mol. The van der Waals surface area contributed by atoms with Crippen molar-refractivity contribution in [1.82, 2.24) is 14.5 Å². The number of aromatic nitrogens is 3. The number of nitrogens with zero attached hydrogens (tertiary/aromatic N) is 3. The number of hydrogen-bond acceptors (Lipinski definition) is 4. The van der Waals surface area contributed by atoms with Crippen molar-refractivity contribution in [3.8, 4) is 10.6 Å². The van der Waals surface area contributed by atoms with Crippen molar-refractivity contribution in [1.29, 1.82) is 0 Å². The lowest BCUT2D eigenvalue weighted by Crippen LogP contribution is -2.09. The second kappa shape index (κ2) is 6.97. The molecule has 3 aromatic rings. The van der Waals surface area contributed by atoms with Crippen molar-refractivity contribution in [2.45, 2.75) is 32.2 Å². The summed E-state index contributed by atoms with van der Waals surface area (Å²) in [5.41, 5.74) is 0.732. The van der Waals surface area contributed by atoms with Gasteiger partial charge in [0.25, 0.3) is 0 Å². The van der Waals surface area contributed by atoms with Crippen LogP contribution in [0.25, 0.3) is 10.6 Å². The Morgan fingerprint density at radius 2 is 1.96 bits per heavy atom. The van der Waals surface area contributed by atoms with E-state index >= 15 is 0 Å². The normalized spacial score (nSPS) is 13.2. The first-order valence-electron chi connectivity index (χ1n) is 7.69. The van der Waals surface area contributed by atoms with Crippen molar-refractivity contribution in [3.05, 3.63) is 59.1 Å². The van der Waals surface area contributed by atoms with E-state index in [0.29, 0.717) is 29.4 Å². The maximum atomic E-state index is 12.6. The number of aliphatic hydroxyl groups excluding tert-OH is 1. The number of benzene rings is 1. The van der Waals surface area contributed by atoms with Crippen LogP contribution in [0.1, 0.15) is 36.5 Å². The summed E-state index contributed by atoms with van der Waals surface area (Å²) < 4.78 is 39.7. The van der Waals surface area contributed by atoms with Crippen LogP contribution in [-0.2, 0) is 12.7 Å². The van der Waals surface area contributed by atoms with Gasteiger partial charge in [0.2, 0.25) is 0 Å². The summed E-state index contributed by atoms with van der Waals surface area (Å²) in [4.78, 5) is 8.64. The highest BCUT2D eigenvalue weighted by Crippen LogP contribution is 2.32. The molecule has 0 saturated carbocycles. The first kappa shape index (κ1) is 17.6. The molecule has 2 heterocycles. The molecule has 0 fully saturated rings. The van der Waals surface area contributed by atoms with Gasteiger partial charge in [-0.3, -0.25) is 0 Å². The van der Waals surface area contributed by atoms with Gasteiger partial charge in [-0.25, -0.2) is 9.97 Å². The Morgan fingerprint density at radius 1 is 1.24 bits per heavy atom. The minimum Gasteiger partial charge on any atom is -0.385 e. The van der Waals surface area contributed by atoms with E-state index < -0.39 is 17.8 Å². The Morgan fingerprint density at radius 3 is 2.60 bits per heavy atom. The van der Waals surface area contributed by atoms with Gasteiger partial charge in [0, 0.05) is 23.3 Å². The molecule has 8 heteroatoms. The molecular formula is C17H16F3N3OS. The highest BCUT2D eigenvalue weighted by atomic mass is 32.1. The quantitative estimate of drug-likeness (QED) is 0.721. The third-order valence-corrected chi connectivity index (χ3v) is 4.72. The summed E-state index contributed by atoms with van der Waals surface area (Å²) in [6.07, 6.45) is -1.03. The first-order valence-corrected chi connectivity index (χ1v) is 8.57. The van der Waals surface area contributed by atoms with Crippen molar-refractivity contribution in [2.24, 2.45) is 0 Å². The highest BCUT2D eigenvalue weighted by molar-refractivity contribution is 7.13. The Kier molecular flexibility index (Phi) is 4.91. The summed E-state index contributed by atoms with van der Waals surface area (Å²) in [5, 5.41) is 12.5. The van der Waals surface area contributed by atoms with Crippen LogP contribution in [0.4, 0.5) is 13.2 Å². The van der Waals surface area contributed by atoms with Crippen LogP contribution in [0.2, 0.25) is 0 Å². The van der Waals surface area contributed by atoms with Crippen LogP contribution >= 0.6 is 11.3 Å². The van der Waals surface area contributed by atoms with Crippen LogP contribution in [0.5, 0.6) is 0 Å². The molecule has 0 bridgehead atoms. The van der Waals surface area contributed by atoms with Gasteiger partial charge >= 0.3 is 6.18 Å². The van der Waals surface area contributed by atoms with Crippen molar-refractivity contribution < 1.29 is 18.3 Å². The molecule has 1 atom stereocenters. The minimum absolute atomic E-state index is 0.448. The average molecular weight is 367 g/mol. The number of halogens is 3. The third kappa shape index (κ3) is 3.91. The van der Waals surface area contributed by atoms with Gasteiger partial charge in [-0.15, -0.1) is 11.3 Å². The molecule has 25 heavy (non-hydrogen) atoms. The molecule has 4 nitrogen and oxygen atoms in total. The molecule has 0 aliphatic heterocycles. The van der Waals surface area contributed by atoms with E-state index in [1.54, 1.807) is 12.4 Å². The number of hydrogen-bond donors (Lipinski definition) is 1. The lowest BCUT2D eigenvalue weighted by molar-refractivity contribution is -0.137. The number of thiazole rings is 1.